The molecule has 1 heterocycles. The summed E-state index contributed by atoms with van der Waals surface area (Å²) in [7, 11) is 0. The molecule has 7 heteroatoms. The molecular weight excluding hydrogens is 361 g/mol. The molecule has 0 saturated heterocycles. The molecule has 0 aliphatic heterocycles. The van der Waals surface area contributed by atoms with Crippen molar-refractivity contribution >= 4 is 34.5 Å². The Labute approximate surface area is 161 Å². The van der Waals surface area contributed by atoms with Gasteiger partial charge in [0.15, 0.2) is 0 Å². The van der Waals surface area contributed by atoms with Crippen LogP contribution in [0, 0.1) is 19.7 Å². The van der Waals surface area contributed by atoms with E-state index in [9.17, 15) is 14.0 Å². The van der Waals surface area contributed by atoms with E-state index < -0.39 is 17.7 Å². The Bertz CT molecular complexity index is 1090. The van der Waals surface area contributed by atoms with Gasteiger partial charge in [0.1, 0.15) is 5.82 Å². The number of anilines is 1. The number of amides is 1. The Morgan fingerprint density at radius 2 is 2.04 bits per heavy atom. The SMILES string of the molecule is Cc1c(F)ccc(CCC(=O)O)c1NC(=O)/C=C/c1ccc2c(C)n[nH]c2c1. The molecule has 0 radical (unpaired) electrons. The number of aryl methyl sites for hydroxylation is 2. The number of nitrogens with zero attached hydrogens (tertiary/aromatic N) is 1. The number of aromatic nitrogens is 2. The van der Waals surface area contributed by atoms with Gasteiger partial charge in [0.2, 0.25) is 5.91 Å². The van der Waals surface area contributed by atoms with Crippen LogP contribution in [0.4, 0.5) is 10.1 Å². The maximum absolute atomic E-state index is 13.9. The van der Waals surface area contributed by atoms with E-state index in [1.165, 1.54) is 18.2 Å². The largest absolute Gasteiger partial charge is 0.481 e. The number of carboxylic acids is 1. The van der Waals surface area contributed by atoms with E-state index in [1.807, 2.05) is 25.1 Å². The summed E-state index contributed by atoms with van der Waals surface area (Å²) in [5, 5.41) is 19.6. The summed E-state index contributed by atoms with van der Waals surface area (Å²) in [5.74, 6) is -1.84. The number of rotatable bonds is 6. The van der Waals surface area contributed by atoms with Crippen LogP contribution < -0.4 is 5.32 Å². The van der Waals surface area contributed by atoms with Crippen LogP contribution in [-0.2, 0) is 16.0 Å². The number of hydrogen-bond acceptors (Lipinski definition) is 3. The zero-order valence-corrected chi connectivity index (χ0v) is 15.5. The average molecular weight is 381 g/mol. The number of H-pyrrole nitrogens is 1. The number of fused-ring (bicyclic) bond motifs is 1. The molecule has 0 atom stereocenters. The molecule has 0 unspecified atom stereocenters. The molecule has 3 N–H and O–H groups in total. The van der Waals surface area contributed by atoms with Crippen LogP contribution in [0.1, 0.15) is 28.8 Å². The molecule has 1 amide bonds. The lowest BCUT2D eigenvalue weighted by Crippen LogP contribution is -2.12. The van der Waals surface area contributed by atoms with E-state index in [0.29, 0.717) is 11.3 Å². The van der Waals surface area contributed by atoms with Crippen molar-refractivity contribution in [3.63, 3.8) is 0 Å². The Morgan fingerprint density at radius 1 is 1.25 bits per heavy atom. The van der Waals surface area contributed by atoms with Gasteiger partial charge in [-0.25, -0.2) is 4.39 Å². The van der Waals surface area contributed by atoms with Crippen LogP contribution in [0.15, 0.2) is 36.4 Å². The summed E-state index contributed by atoms with van der Waals surface area (Å²) >= 11 is 0. The minimum atomic E-state index is -0.955. The van der Waals surface area contributed by atoms with Crippen LogP contribution in [0.25, 0.3) is 17.0 Å². The molecule has 0 aliphatic rings. The van der Waals surface area contributed by atoms with Crippen molar-refractivity contribution < 1.29 is 19.1 Å². The van der Waals surface area contributed by atoms with E-state index in [2.05, 4.69) is 15.5 Å². The van der Waals surface area contributed by atoms with Gasteiger partial charge in [-0.3, -0.25) is 14.7 Å². The van der Waals surface area contributed by atoms with Crippen LogP contribution in [0.3, 0.4) is 0 Å². The standard InChI is InChI=1S/C21H20FN3O3/c1-12-17(22)8-5-15(6-10-20(27)28)21(12)23-19(26)9-4-14-3-7-16-13(2)24-25-18(16)11-14/h3-5,7-9,11H,6,10H2,1-2H3,(H,23,26)(H,24,25)(H,27,28)/b9-4+. The summed E-state index contributed by atoms with van der Waals surface area (Å²) in [6.07, 6.45) is 3.10. The van der Waals surface area contributed by atoms with Gasteiger partial charge >= 0.3 is 5.97 Å². The van der Waals surface area contributed by atoms with E-state index in [0.717, 1.165) is 22.2 Å². The van der Waals surface area contributed by atoms with E-state index in [4.69, 9.17) is 5.11 Å². The van der Waals surface area contributed by atoms with Gasteiger partial charge < -0.3 is 10.4 Å². The maximum Gasteiger partial charge on any atom is 0.303 e. The van der Waals surface area contributed by atoms with Crippen molar-refractivity contribution in [3.05, 3.63) is 64.6 Å². The number of carboxylic acid groups (broad SMARTS) is 1. The van der Waals surface area contributed by atoms with Gasteiger partial charge in [-0.1, -0.05) is 18.2 Å². The smallest absolute Gasteiger partial charge is 0.303 e. The molecule has 3 aromatic rings. The Balaban J connectivity index is 1.78. The van der Waals surface area contributed by atoms with Crippen molar-refractivity contribution in [2.75, 3.05) is 5.32 Å². The number of benzene rings is 2. The third kappa shape index (κ3) is 4.25. The molecule has 144 valence electrons. The Morgan fingerprint density at radius 3 is 2.79 bits per heavy atom. The van der Waals surface area contributed by atoms with E-state index in [-0.39, 0.29) is 18.4 Å². The quantitative estimate of drug-likeness (QED) is 0.563. The number of nitrogens with one attached hydrogen (secondary N) is 2. The first-order valence-electron chi connectivity index (χ1n) is 8.78. The molecule has 3 rings (SSSR count). The highest BCUT2D eigenvalue weighted by Gasteiger charge is 2.13. The molecule has 1 aromatic heterocycles. The predicted octanol–water partition coefficient (Wildman–Crippen LogP) is 3.99. The second-order valence-electron chi connectivity index (χ2n) is 6.54. The first-order valence-corrected chi connectivity index (χ1v) is 8.78. The van der Waals surface area contributed by atoms with Crippen molar-refractivity contribution in [2.45, 2.75) is 26.7 Å². The molecule has 0 saturated carbocycles. The second-order valence-corrected chi connectivity index (χ2v) is 6.54. The number of carbonyl (C=O) groups is 2. The fourth-order valence-corrected chi connectivity index (χ4v) is 2.98. The summed E-state index contributed by atoms with van der Waals surface area (Å²) in [6.45, 7) is 3.46. The number of aromatic amines is 1. The summed E-state index contributed by atoms with van der Waals surface area (Å²) in [5.41, 5.74) is 3.76. The molecule has 2 aromatic carbocycles. The highest BCUT2D eigenvalue weighted by molar-refractivity contribution is 6.03. The zero-order chi connectivity index (χ0) is 20.3. The number of aliphatic carboxylic acids is 1. The van der Waals surface area contributed by atoms with Crippen molar-refractivity contribution in [1.29, 1.82) is 0 Å². The van der Waals surface area contributed by atoms with Gasteiger partial charge in [0.05, 0.1) is 16.9 Å². The third-order valence-electron chi connectivity index (χ3n) is 4.55. The lowest BCUT2D eigenvalue weighted by molar-refractivity contribution is -0.136. The fourth-order valence-electron chi connectivity index (χ4n) is 2.98. The number of carbonyl (C=O) groups excluding carboxylic acids is 1. The summed E-state index contributed by atoms with van der Waals surface area (Å²) < 4.78 is 13.9. The third-order valence-corrected chi connectivity index (χ3v) is 4.55. The van der Waals surface area contributed by atoms with E-state index in [1.54, 1.807) is 13.0 Å². The number of halogens is 1. The van der Waals surface area contributed by atoms with Gasteiger partial charge in [-0.05, 0) is 49.6 Å². The van der Waals surface area contributed by atoms with Gasteiger partial charge in [0.25, 0.3) is 0 Å². The first-order chi connectivity index (χ1) is 13.3. The second kappa shape index (κ2) is 8.04. The van der Waals surface area contributed by atoms with Crippen LogP contribution >= 0.6 is 0 Å². The van der Waals surface area contributed by atoms with Crippen molar-refractivity contribution in [3.8, 4) is 0 Å². The Kier molecular flexibility index (Phi) is 5.54. The number of hydrogen-bond donors (Lipinski definition) is 3. The Hall–Kier alpha value is -3.48. The average Bonchev–Trinajstić information content (AvgIpc) is 3.03. The van der Waals surface area contributed by atoms with Gasteiger partial charge in [0, 0.05) is 23.4 Å². The lowest BCUT2D eigenvalue weighted by Gasteiger charge is -2.13. The van der Waals surface area contributed by atoms with Crippen molar-refractivity contribution in [2.24, 2.45) is 0 Å². The molecular formula is C21H20FN3O3. The van der Waals surface area contributed by atoms with Crippen LogP contribution in [-0.4, -0.2) is 27.2 Å². The van der Waals surface area contributed by atoms with Crippen LogP contribution in [0.2, 0.25) is 0 Å². The molecule has 28 heavy (non-hydrogen) atoms. The molecule has 0 aliphatic carbocycles. The fraction of sp³-hybridized carbons (Fsp3) is 0.190. The molecule has 0 bridgehead atoms. The first kappa shape index (κ1) is 19.3. The predicted molar refractivity (Wildman–Crippen MR) is 106 cm³/mol. The highest BCUT2D eigenvalue weighted by Crippen LogP contribution is 2.25. The lowest BCUT2D eigenvalue weighted by atomic mass is 10.0. The minimum absolute atomic E-state index is 0.104. The minimum Gasteiger partial charge on any atom is -0.481 e. The highest BCUT2D eigenvalue weighted by atomic mass is 19.1. The van der Waals surface area contributed by atoms with E-state index >= 15 is 0 Å². The van der Waals surface area contributed by atoms with Crippen molar-refractivity contribution in [1.82, 2.24) is 10.2 Å². The topological polar surface area (TPSA) is 95.1 Å². The normalized spacial score (nSPS) is 11.2. The molecule has 0 spiro atoms. The summed E-state index contributed by atoms with van der Waals surface area (Å²) in [4.78, 5) is 23.2. The zero-order valence-electron chi connectivity index (χ0n) is 15.5. The monoisotopic (exact) mass is 381 g/mol. The van der Waals surface area contributed by atoms with Crippen LogP contribution in [0.5, 0.6) is 0 Å². The van der Waals surface area contributed by atoms with Gasteiger partial charge in [-0.2, -0.15) is 5.10 Å². The van der Waals surface area contributed by atoms with Gasteiger partial charge in [-0.15, -0.1) is 0 Å². The maximum atomic E-state index is 13.9. The molecule has 0 fully saturated rings. The summed E-state index contributed by atoms with van der Waals surface area (Å²) in [6, 6.07) is 8.45. The molecule has 6 nitrogen and oxygen atoms in total.